The number of hydrogen-bond donors (Lipinski definition) is 3. The quantitative estimate of drug-likeness (QED) is 0.791. The Labute approximate surface area is 119 Å². The average Bonchev–Trinajstić information content (AvgIpc) is 2.95. The van der Waals surface area contributed by atoms with Gasteiger partial charge >= 0.3 is 0 Å². The van der Waals surface area contributed by atoms with Crippen LogP contribution >= 0.6 is 0 Å². The van der Waals surface area contributed by atoms with Gasteiger partial charge in [-0.05, 0) is 18.2 Å². The fourth-order valence-corrected chi connectivity index (χ4v) is 2.34. The monoisotopic (exact) mass is 292 g/mol. The van der Waals surface area contributed by atoms with Gasteiger partial charge in [0.05, 0.1) is 23.8 Å². The van der Waals surface area contributed by atoms with E-state index in [1.807, 2.05) is 0 Å². The third kappa shape index (κ3) is 2.92. The summed E-state index contributed by atoms with van der Waals surface area (Å²) in [7, 11) is 0. The maximum absolute atomic E-state index is 13.5. The average molecular weight is 292 g/mol. The summed E-state index contributed by atoms with van der Waals surface area (Å²) in [4.78, 5) is 19.2. The van der Waals surface area contributed by atoms with Gasteiger partial charge in [0.25, 0.3) is 0 Å². The van der Waals surface area contributed by atoms with Gasteiger partial charge in [0.2, 0.25) is 5.91 Å². The van der Waals surface area contributed by atoms with Crippen LogP contribution < -0.4 is 10.6 Å². The molecule has 1 atom stereocenters. The molecule has 0 bridgehead atoms. The molecule has 3 N–H and O–H groups in total. The molecule has 1 amide bonds. The summed E-state index contributed by atoms with van der Waals surface area (Å²) in [5.74, 6) is -1.33. The number of imidazole rings is 1. The number of nitrogens with zero attached hydrogens (tertiary/aromatic N) is 1. The molecular formula is C14H14F2N4O. The second-order valence-corrected chi connectivity index (χ2v) is 4.92. The van der Waals surface area contributed by atoms with Crippen molar-refractivity contribution < 1.29 is 13.6 Å². The number of halogens is 2. The molecule has 110 valence electrons. The number of fused-ring (bicyclic) bond motifs is 1. The smallest absolute Gasteiger partial charge is 0.237 e. The lowest BCUT2D eigenvalue weighted by Gasteiger charge is -2.22. The number of rotatable bonds is 3. The normalized spacial score (nSPS) is 17.3. The molecule has 21 heavy (non-hydrogen) atoms. The maximum Gasteiger partial charge on any atom is 0.237 e. The van der Waals surface area contributed by atoms with Gasteiger partial charge in [0.1, 0.15) is 11.6 Å². The third-order valence-electron chi connectivity index (χ3n) is 3.51. The molecule has 1 aromatic carbocycles. The number of carbonyl (C=O) groups is 1. The molecule has 0 saturated heterocycles. The minimum absolute atomic E-state index is 0.0476. The number of aromatic amines is 1. The minimum Gasteiger partial charge on any atom is -0.351 e. The molecule has 0 radical (unpaired) electrons. The summed E-state index contributed by atoms with van der Waals surface area (Å²) in [6, 6.07) is 2.75. The van der Waals surface area contributed by atoms with E-state index in [0.29, 0.717) is 13.0 Å². The number of nitrogens with one attached hydrogen (secondary N) is 3. The first-order valence-corrected chi connectivity index (χ1v) is 6.59. The van der Waals surface area contributed by atoms with Crippen molar-refractivity contribution in [2.45, 2.75) is 25.6 Å². The SMILES string of the molecule is O=C(NCc1cc(F)ccc1F)C1Cc2nc[nH]c2CN1. The summed E-state index contributed by atoms with van der Waals surface area (Å²) in [5.41, 5.74) is 1.95. The largest absolute Gasteiger partial charge is 0.351 e. The lowest BCUT2D eigenvalue weighted by atomic mass is 10.0. The van der Waals surface area contributed by atoms with Gasteiger partial charge in [-0.25, -0.2) is 13.8 Å². The van der Waals surface area contributed by atoms with Crippen LogP contribution in [-0.2, 0) is 24.3 Å². The van der Waals surface area contributed by atoms with Crippen molar-refractivity contribution in [3.8, 4) is 0 Å². The van der Waals surface area contributed by atoms with Crippen molar-refractivity contribution in [1.29, 1.82) is 0 Å². The molecule has 5 nitrogen and oxygen atoms in total. The van der Waals surface area contributed by atoms with Crippen molar-refractivity contribution in [3.63, 3.8) is 0 Å². The summed E-state index contributed by atoms with van der Waals surface area (Å²) < 4.78 is 26.5. The predicted octanol–water partition coefficient (Wildman–Crippen LogP) is 1.02. The number of aromatic nitrogens is 2. The molecule has 1 unspecified atom stereocenters. The van der Waals surface area contributed by atoms with Gasteiger partial charge in [-0.2, -0.15) is 0 Å². The van der Waals surface area contributed by atoms with Crippen molar-refractivity contribution >= 4 is 5.91 Å². The van der Waals surface area contributed by atoms with Crippen LogP contribution in [0.4, 0.5) is 8.78 Å². The highest BCUT2D eigenvalue weighted by Gasteiger charge is 2.25. The molecule has 0 spiro atoms. The third-order valence-corrected chi connectivity index (χ3v) is 3.51. The highest BCUT2D eigenvalue weighted by Crippen LogP contribution is 2.13. The standard InChI is InChI=1S/C14H14F2N4O/c15-9-1-2-10(16)8(3-9)5-18-14(21)12-4-11-13(6-17-12)20-7-19-11/h1-3,7,12,17H,4-6H2,(H,18,21)(H,19,20). The fraction of sp³-hybridized carbons (Fsp3) is 0.286. The van der Waals surface area contributed by atoms with Gasteiger partial charge in [-0.15, -0.1) is 0 Å². The maximum atomic E-state index is 13.5. The molecule has 3 rings (SSSR count). The molecular weight excluding hydrogens is 278 g/mol. The van der Waals surface area contributed by atoms with Gasteiger partial charge in [0, 0.05) is 25.1 Å². The zero-order chi connectivity index (χ0) is 14.8. The van der Waals surface area contributed by atoms with Crippen LogP contribution in [0.2, 0.25) is 0 Å². The highest BCUT2D eigenvalue weighted by atomic mass is 19.1. The Morgan fingerprint density at radius 1 is 1.43 bits per heavy atom. The van der Waals surface area contributed by atoms with E-state index < -0.39 is 17.7 Å². The van der Waals surface area contributed by atoms with E-state index in [9.17, 15) is 13.6 Å². The van der Waals surface area contributed by atoms with Gasteiger partial charge in [0.15, 0.2) is 0 Å². The number of amides is 1. The molecule has 0 fully saturated rings. The van der Waals surface area contributed by atoms with Gasteiger partial charge < -0.3 is 10.3 Å². The molecule has 7 heteroatoms. The van der Waals surface area contributed by atoms with E-state index in [2.05, 4.69) is 20.6 Å². The molecule has 0 aliphatic carbocycles. The summed E-state index contributed by atoms with van der Waals surface area (Å²) in [5, 5.41) is 5.69. The van der Waals surface area contributed by atoms with E-state index in [0.717, 1.165) is 29.6 Å². The van der Waals surface area contributed by atoms with E-state index in [1.54, 1.807) is 6.33 Å². The van der Waals surface area contributed by atoms with E-state index in [4.69, 9.17) is 0 Å². The minimum atomic E-state index is -0.539. The fourth-order valence-electron chi connectivity index (χ4n) is 2.34. The Hall–Kier alpha value is -2.28. The van der Waals surface area contributed by atoms with Crippen molar-refractivity contribution in [1.82, 2.24) is 20.6 Å². The Kier molecular flexibility index (Phi) is 3.66. The molecule has 2 heterocycles. The van der Waals surface area contributed by atoms with Crippen LogP contribution in [-0.4, -0.2) is 21.9 Å². The zero-order valence-electron chi connectivity index (χ0n) is 11.1. The lowest BCUT2D eigenvalue weighted by Crippen LogP contribution is -2.47. The summed E-state index contributed by atoms with van der Waals surface area (Å²) in [6.45, 7) is 0.482. The van der Waals surface area contributed by atoms with Crippen LogP contribution in [0.25, 0.3) is 0 Å². The molecule has 1 aliphatic rings. The van der Waals surface area contributed by atoms with Crippen LogP contribution in [0.15, 0.2) is 24.5 Å². The van der Waals surface area contributed by atoms with Crippen molar-refractivity contribution in [2.24, 2.45) is 0 Å². The number of H-pyrrole nitrogens is 1. The van der Waals surface area contributed by atoms with Crippen molar-refractivity contribution in [3.05, 3.63) is 53.1 Å². The van der Waals surface area contributed by atoms with Gasteiger partial charge in [-0.1, -0.05) is 0 Å². The Morgan fingerprint density at radius 3 is 3.14 bits per heavy atom. The molecule has 1 aromatic heterocycles. The number of hydrogen-bond acceptors (Lipinski definition) is 3. The molecule has 0 saturated carbocycles. The zero-order valence-corrected chi connectivity index (χ0v) is 11.1. The Balaban J connectivity index is 1.61. The highest BCUT2D eigenvalue weighted by molar-refractivity contribution is 5.82. The van der Waals surface area contributed by atoms with E-state index >= 15 is 0 Å². The second kappa shape index (κ2) is 5.61. The van der Waals surface area contributed by atoms with E-state index in [1.165, 1.54) is 0 Å². The first-order chi connectivity index (χ1) is 10.1. The van der Waals surface area contributed by atoms with Crippen molar-refractivity contribution in [2.75, 3.05) is 0 Å². The second-order valence-electron chi connectivity index (χ2n) is 4.92. The number of benzene rings is 1. The molecule has 2 aromatic rings. The van der Waals surface area contributed by atoms with E-state index in [-0.39, 0.29) is 18.0 Å². The lowest BCUT2D eigenvalue weighted by molar-refractivity contribution is -0.123. The summed E-state index contributed by atoms with van der Waals surface area (Å²) >= 11 is 0. The van der Waals surface area contributed by atoms with Crippen LogP contribution in [0.5, 0.6) is 0 Å². The first kappa shape index (κ1) is 13.7. The van der Waals surface area contributed by atoms with Gasteiger partial charge in [-0.3, -0.25) is 10.1 Å². The van der Waals surface area contributed by atoms with Crippen LogP contribution in [0.1, 0.15) is 17.0 Å². The number of carbonyl (C=O) groups excluding carboxylic acids is 1. The molecule has 1 aliphatic heterocycles. The summed E-state index contributed by atoms with van der Waals surface area (Å²) in [6.07, 6.45) is 2.06. The predicted molar refractivity (Wildman–Crippen MR) is 71.1 cm³/mol. The first-order valence-electron chi connectivity index (χ1n) is 6.59. The topological polar surface area (TPSA) is 69.8 Å². The Morgan fingerprint density at radius 2 is 2.29 bits per heavy atom. The van der Waals surface area contributed by atoms with Crippen LogP contribution in [0.3, 0.4) is 0 Å². The Bertz CT molecular complexity index is 671. The van der Waals surface area contributed by atoms with Crippen LogP contribution in [0, 0.1) is 11.6 Å².